The number of aliphatic carboxylic acids is 1. The molecule has 0 fully saturated rings. The molecule has 1 aromatic rings. The molecule has 4 nitrogen and oxygen atoms in total. The number of thiophene rings is 1. The van der Waals surface area contributed by atoms with Gasteiger partial charge in [0.2, 0.25) is 5.91 Å². The topological polar surface area (TPSA) is 66.4 Å². The molecule has 2 atom stereocenters. The first-order chi connectivity index (χ1) is 8.02. The van der Waals surface area contributed by atoms with Crippen LogP contribution in [-0.2, 0) is 16.0 Å². The molecule has 1 aromatic heterocycles. The van der Waals surface area contributed by atoms with Gasteiger partial charge in [-0.25, -0.2) is 0 Å². The molecule has 1 amide bonds. The summed E-state index contributed by atoms with van der Waals surface area (Å²) in [7, 11) is 0. The molecule has 0 aliphatic rings. The lowest BCUT2D eigenvalue weighted by atomic mass is 9.95. The van der Waals surface area contributed by atoms with Gasteiger partial charge < -0.3 is 10.4 Å². The maximum absolute atomic E-state index is 11.6. The van der Waals surface area contributed by atoms with Gasteiger partial charge in [0.25, 0.3) is 0 Å². The van der Waals surface area contributed by atoms with Gasteiger partial charge in [0.1, 0.15) is 0 Å². The quantitative estimate of drug-likeness (QED) is 0.814. The second-order valence-corrected chi connectivity index (χ2v) is 5.07. The van der Waals surface area contributed by atoms with Crippen molar-refractivity contribution >= 4 is 23.2 Å². The minimum atomic E-state index is -0.939. The van der Waals surface area contributed by atoms with E-state index in [4.69, 9.17) is 5.11 Å². The van der Waals surface area contributed by atoms with E-state index in [1.165, 1.54) is 4.88 Å². The van der Waals surface area contributed by atoms with Crippen molar-refractivity contribution in [3.05, 3.63) is 22.4 Å². The molecule has 0 aliphatic carbocycles. The number of hydrogen-bond acceptors (Lipinski definition) is 3. The monoisotopic (exact) mass is 255 g/mol. The fourth-order valence-electron chi connectivity index (χ4n) is 1.37. The Kier molecular flexibility index (Phi) is 5.15. The first-order valence-electron chi connectivity index (χ1n) is 5.55. The number of carboxylic acids is 1. The average molecular weight is 255 g/mol. The Morgan fingerprint density at radius 2 is 2.12 bits per heavy atom. The number of amides is 1. The third-order valence-electron chi connectivity index (χ3n) is 2.80. The van der Waals surface area contributed by atoms with Crippen molar-refractivity contribution in [3.63, 3.8) is 0 Å². The highest BCUT2D eigenvalue weighted by Crippen LogP contribution is 2.11. The Bertz CT molecular complexity index is 375. The van der Waals surface area contributed by atoms with E-state index in [0.717, 1.165) is 6.42 Å². The van der Waals surface area contributed by atoms with Crippen molar-refractivity contribution < 1.29 is 14.7 Å². The van der Waals surface area contributed by atoms with Gasteiger partial charge in [-0.3, -0.25) is 9.59 Å². The van der Waals surface area contributed by atoms with Gasteiger partial charge in [0.05, 0.1) is 5.92 Å². The summed E-state index contributed by atoms with van der Waals surface area (Å²) < 4.78 is 0. The van der Waals surface area contributed by atoms with Crippen molar-refractivity contribution in [2.75, 3.05) is 6.54 Å². The first-order valence-corrected chi connectivity index (χ1v) is 6.43. The largest absolute Gasteiger partial charge is 0.481 e. The van der Waals surface area contributed by atoms with Gasteiger partial charge in [-0.2, -0.15) is 0 Å². The Balaban J connectivity index is 2.32. The zero-order chi connectivity index (χ0) is 12.8. The number of carbonyl (C=O) groups excluding carboxylic acids is 1. The van der Waals surface area contributed by atoms with Gasteiger partial charge in [0, 0.05) is 17.3 Å². The summed E-state index contributed by atoms with van der Waals surface area (Å²) >= 11 is 1.65. The van der Waals surface area contributed by atoms with Gasteiger partial charge >= 0.3 is 5.97 Å². The molecular formula is C12H17NO3S. The van der Waals surface area contributed by atoms with Crippen LogP contribution in [0.25, 0.3) is 0 Å². The molecule has 2 N–H and O–H groups in total. The number of nitrogens with one attached hydrogen (secondary N) is 1. The molecule has 0 spiro atoms. The zero-order valence-corrected chi connectivity index (χ0v) is 10.8. The highest BCUT2D eigenvalue weighted by atomic mass is 32.1. The van der Waals surface area contributed by atoms with E-state index in [1.807, 2.05) is 17.5 Å². The van der Waals surface area contributed by atoms with Gasteiger partial charge in [-0.05, 0) is 17.9 Å². The van der Waals surface area contributed by atoms with E-state index in [0.29, 0.717) is 6.54 Å². The Morgan fingerprint density at radius 1 is 1.41 bits per heavy atom. The Morgan fingerprint density at radius 3 is 2.65 bits per heavy atom. The molecule has 2 unspecified atom stereocenters. The highest BCUT2D eigenvalue weighted by Gasteiger charge is 2.25. The molecule has 0 saturated carbocycles. The number of carboxylic acid groups (broad SMARTS) is 1. The summed E-state index contributed by atoms with van der Waals surface area (Å²) in [5, 5.41) is 13.6. The minimum Gasteiger partial charge on any atom is -0.481 e. The SMILES string of the molecule is CC(C(=O)O)C(C)C(=O)NCCc1cccs1. The molecule has 1 rings (SSSR count). The average Bonchev–Trinajstić information content (AvgIpc) is 2.79. The second-order valence-electron chi connectivity index (χ2n) is 4.04. The van der Waals surface area contributed by atoms with Crippen molar-refractivity contribution in [1.82, 2.24) is 5.32 Å². The lowest BCUT2D eigenvalue weighted by Gasteiger charge is -2.15. The lowest BCUT2D eigenvalue weighted by Crippen LogP contribution is -2.36. The van der Waals surface area contributed by atoms with E-state index in [-0.39, 0.29) is 5.91 Å². The number of rotatable bonds is 6. The fraction of sp³-hybridized carbons (Fsp3) is 0.500. The van der Waals surface area contributed by atoms with E-state index < -0.39 is 17.8 Å². The van der Waals surface area contributed by atoms with Crippen LogP contribution in [0.2, 0.25) is 0 Å². The zero-order valence-electron chi connectivity index (χ0n) is 9.97. The van der Waals surface area contributed by atoms with E-state index in [9.17, 15) is 9.59 Å². The third kappa shape index (κ3) is 4.19. The summed E-state index contributed by atoms with van der Waals surface area (Å²) in [4.78, 5) is 23.6. The van der Waals surface area contributed by atoms with Gasteiger partial charge in [-0.1, -0.05) is 19.9 Å². The van der Waals surface area contributed by atoms with Crippen LogP contribution in [0.3, 0.4) is 0 Å². The Labute approximate surface area is 105 Å². The smallest absolute Gasteiger partial charge is 0.307 e. The minimum absolute atomic E-state index is 0.198. The maximum atomic E-state index is 11.6. The Hall–Kier alpha value is -1.36. The van der Waals surface area contributed by atoms with Crippen LogP contribution in [0.1, 0.15) is 18.7 Å². The predicted octanol–water partition coefficient (Wildman–Crippen LogP) is 1.76. The van der Waals surface area contributed by atoms with Crippen LogP contribution in [0.4, 0.5) is 0 Å². The number of carbonyl (C=O) groups is 2. The molecular weight excluding hydrogens is 238 g/mol. The van der Waals surface area contributed by atoms with E-state index >= 15 is 0 Å². The molecule has 0 radical (unpaired) electrons. The first kappa shape index (κ1) is 13.7. The highest BCUT2D eigenvalue weighted by molar-refractivity contribution is 7.09. The fourth-order valence-corrected chi connectivity index (χ4v) is 2.07. The van der Waals surface area contributed by atoms with Crippen LogP contribution in [-0.4, -0.2) is 23.5 Å². The van der Waals surface area contributed by atoms with E-state index in [1.54, 1.807) is 25.2 Å². The molecule has 0 aromatic carbocycles. The van der Waals surface area contributed by atoms with Crippen molar-refractivity contribution in [1.29, 1.82) is 0 Å². The normalized spacial score (nSPS) is 14.0. The third-order valence-corrected chi connectivity index (χ3v) is 3.74. The summed E-state index contributed by atoms with van der Waals surface area (Å²) in [6, 6.07) is 3.98. The van der Waals surface area contributed by atoms with Crippen molar-refractivity contribution in [3.8, 4) is 0 Å². The molecule has 0 saturated heterocycles. The summed E-state index contributed by atoms with van der Waals surface area (Å²) in [5.74, 6) is -2.30. The standard InChI is InChI=1S/C12H17NO3S/c1-8(9(2)12(15)16)11(14)13-6-5-10-4-3-7-17-10/h3-4,7-9H,5-6H2,1-2H3,(H,13,14)(H,15,16). The summed E-state index contributed by atoms with van der Waals surface area (Å²) in [6.07, 6.45) is 0.789. The second kappa shape index (κ2) is 6.39. The number of hydrogen-bond donors (Lipinski definition) is 2. The van der Waals surface area contributed by atoms with Crippen LogP contribution >= 0.6 is 11.3 Å². The molecule has 5 heteroatoms. The van der Waals surface area contributed by atoms with Crippen LogP contribution in [0.15, 0.2) is 17.5 Å². The maximum Gasteiger partial charge on any atom is 0.307 e. The van der Waals surface area contributed by atoms with Crippen LogP contribution in [0.5, 0.6) is 0 Å². The van der Waals surface area contributed by atoms with Crippen LogP contribution in [0, 0.1) is 11.8 Å². The van der Waals surface area contributed by atoms with Gasteiger partial charge in [0.15, 0.2) is 0 Å². The lowest BCUT2D eigenvalue weighted by molar-refractivity contribution is -0.146. The summed E-state index contributed by atoms with van der Waals surface area (Å²) in [6.45, 7) is 3.74. The summed E-state index contributed by atoms with van der Waals surface area (Å²) in [5.41, 5.74) is 0. The molecule has 0 bridgehead atoms. The molecule has 17 heavy (non-hydrogen) atoms. The van der Waals surface area contributed by atoms with Gasteiger partial charge in [-0.15, -0.1) is 11.3 Å². The van der Waals surface area contributed by atoms with E-state index in [2.05, 4.69) is 5.32 Å². The predicted molar refractivity (Wildman–Crippen MR) is 67.0 cm³/mol. The van der Waals surface area contributed by atoms with Crippen molar-refractivity contribution in [2.45, 2.75) is 20.3 Å². The molecule has 94 valence electrons. The molecule has 0 aliphatic heterocycles. The van der Waals surface area contributed by atoms with Crippen molar-refractivity contribution in [2.24, 2.45) is 11.8 Å². The molecule has 1 heterocycles. The van der Waals surface area contributed by atoms with Crippen LogP contribution < -0.4 is 5.32 Å².